The smallest absolute Gasteiger partial charge is 0.160 e. The standard InChI is InChI=1S/C23H36O5/c24-21-22(13-25-19(26-14-22)17-7-3-1-4-8-17)11-12-23(21)15-27-20(28-16-23)18-9-5-2-6-10-18/h17-20H,1-16H2. The summed E-state index contributed by atoms with van der Waals surface area (Å²) < 4.78 is 24.6. The molecule has 5 aliphatic rings. The van der Waals surface area contributed by atoms with Crippen LogP contribution in [-0.2, 0) is 23.7 Å². The summed E-state index contributed by atoms with van der Waals surface area (Å²) in [5, 5.41) is 0. The van der Waals surface area contributed by atoms with Gasteiger partial charge >= 0.3 is 0 Å². The van der Waals surface area contributed by atoms with Crippen LogP contribution in [0.2, 0.25) is 0 Å². The second-order valence-corrected chi connectivity index (χ2v) is 10.2. The van der Waals surface area contributed by atoms with Gasteiger partial charge in [0.15, 0.2) is 18.4 Å². The zero-order valence-corrected chi connectivity index (χ0v) is 17.2. The normalized spacial score (nSPS) is 43.8. The van der Waals surface area contributed by atoms with Crippen molar-refractivity contribution in [2.24, 2.45) is 22.7 Å². The highest BCUT2D eigenvalue weighted by atomic mass is 16.7. The van der Waals surface area contributed by atoms with Crippen molar-refractivity contribution in [1.29, 1.82) is 0 Å². The lowest BCUT2D eigenvalue weighted by Gasteiger charge is -2.43. The van der Waals surface area contributed by atoms with Crippen LogP contribution in [0.1, 0.15) is 77.0 Å². The number of ether oxygens (including phenoxy) is 4. The Morgan fingerprint density at radius 2 is 0.929 bits per heavy atom. The maximum absolute atomic E-state index is 13.5. The van der Waals surface area contributed by atoms with Crippen LogP contribution in [0, 0.1) is 22.7 Å². The highest BCUT2D eigenvalue weighted by Crippen LogP contribution is 2.51. The van der Waals surface area contributed by atoms with E-state index >= 15 is 0 Å². The van der Waals surface area contributed by atoms with Crippen molar-refractivity contribution in [3.05, 3.63) is 0 Å². The van der Waals surface area contributed by atoms with Crippen molar-refractivity contribution < 1.29 is 23.7 Å². The predicted molar refractivity (Wildman–Crippen MR) is 104 cm³/mol. The molecule has 2 spiro atoms. The number of carbonyl (C=O) groups excluding carboxylic acids is 1. The van der Waals surface area contributed by atoms with Gasteiger partial charge in [-0.25, -0.2) is 0 Å². The first kappa shape index (κ1) is 19.5. The minimum absolute atomic E-state index is 0.107. The van der Waals surface area contributed by atoms with Gasteiger partial charge in [0.05, 0.1) is 37.3 Å². The third-order valence-electron chi connectivity index (χ3n) is 8.21. The van der Waals surface area contributed by atoms with Gasteiger partial charge in [0.1, 0.15) is 0 Å². The molecule has 0 aromatic heterocycles. The Bertz CT molecular complexity index is 499. The number of rotatable bonds is 2. The Kier molecular flexibility index (Phi) is 5.55. The van der Waals surface area contributed by atoms with Gasteiger partial charge in [-0.1, -0.05) is 38.5 Å². The van der Waals surface area contributed by atoms with Crippen LogP contribution in [0.4, 0.5) is 0 Å². The third-order valence-corrected chi connectivity index (χ3v) is 8.21. The fourth-order valence-electron chi connectivity index (χ4n) is 6.32. The molecule has 0 aromatic carbocycles. The molecule has 0 amide bonds. The molecule has 0 bridgehead atoms. The zero-order valence-electron chi connectivity index (χ0n) is 17.2. The van der Waals surface area contributed by atoms with Crippen molar-refractivity contribution in [2.45, 2.75) is 89.6 Å². The van der Waals surface area contributed by atoms with Gasteiger partial charge < -0.3 is 18.9 Å². The first-order chi connectivity index (χ1) is 13.7. The van der Waals surface area contributed by atoms with E-state index in [1.54, 1.807) is 0 Å². The monoisotopic (exact) mass is 392 g/mol. The van der Waals surface area contributed by atoms with E-state index in [-0.39, 0.29) is 18.4 Å². The molecule has 0 aromatic rings. The molecular formula is C23H36O5. The first-order valence-corrected chi connectivity index (χ1v) is 11.7. The summed E-state index contributed by atoms with van der Waals surface area (Å²) in [7, 11) is 0. The van der Waals surface area contributed by atoms with E-state index in [9.17, 15) is 4.79 Å². The van der Waals surface area contributed by atoms with Crippen molar-refractivity contribution in [2.75, 3.05) is 26.4 Å². The van der Waals surface area contributed by atoms with Gasteiger partial charge in [0.2, 0.25) is 0 Å². The fourth-order valence-corrected chi connectivity index (χ4v) is 6.32. The topological polar surface area (TPSA) is 54.0 Å². The molecule has 2 saturated heterocycles. The molecule has 3 saturated carbocycles. The van der Waals surface area contributed by atoms with Crippen LogP contribution in [0.25, 0.3) is 0 Å². The number of ketones is 1. The number of hydrogen-bond acceptors (Lipinski definition) is 5. The number of carbonyl (C=O) groups is 1. The molecule has 0 unspecified atom stereocenters. The average Bonchev–Trinajstić information content (AvgIpc) is 3.02. The molecule has 158 valence electrons. The summed E-state index contributed by atoms with van der Waals surface area (Å²) >= 11 is 0. The van der Waals surface area contributed by atoms with E-state index in [4.69, 9.17) is 18.9 Å². The van der Waals surface area contributed by atoms with Crippen LogP contribution in [-0.4, -0.2) is 44.8 Å². The van der Waals surface area contributed by atoms with Crippen LogP contribution in [0.15, 0.2) is 0 Å². The molecule has 5 nitrogen and oxygen atoms in total. The van der Waals surface area contributed by atoms with E-state index < -0.39 is 10.8 Å². The second-order valence-electron chi connectivity index (χ2n) is 10.2. The number of hydrogen-bond donors (Lipinski definition) is 0. The second kappa shape index (κ2) is 7.98. The van der Waals surface area contributed by atoms with Crippen LogP contribution < -0.4 is 0 Å². The molecule has 5 heteroatoms. The molecule has 0 N–H and O–H groups in total. The Morgan fingerprint density at radius 1 is 0.571 bits per heavy atom. The Morgan fingerprint density at radius 3 is 1.29 bits per heavy atom. The van der Waals surface area contributed by atoms with Crippen molar-refractivity contribution in [1.82, 2.24) is 0 Å². The lowest BCUT2D eigenvalue weighted by atomic mass is 9.78. The molecule has 2 aliphatic heterocycles. The largest absolute Gasteiger partial charge is 0.351 e. The number of Topliss-reactive ketones (excluding diaryl/α,β-unsaturated/α-hetero) is 1. The van der Waals surface area contributed by atoms with E-state index in [0.717, 1.165) is 12.8 Å². The van der Waals surface area contributed by atoms with Gasteiger partial charge in [0, 0.05) is 11.8 Å². The van der Waals surface area contributed by atoms with E-state index in [0.29, 0.717) is 38.3 Å². The van der Waals surface area contributed by atoms with E-state index in [1.807, 2.05) is 0 Å². The van der Waals surface area contributed by atoms with Crippen molar-refractivity contribution in [3.63, 3.8) is 0 Å². The molecule has 5 rings (SSSR count). The predicted octanol–water partition coefficient (Wildman–Crippen LogP) is 4.23. The average molecular weight is 393 g/mol. The summed E-state index contributed by atoms with van der Waals surface area (Å²) in [5.74, 6) is 1.28. The molecule has 5 fully saturated rings. The van der Waals surface area contributed by atoms with Gasteiger partial charge in [-0.15, -0.1) is 0 Å². The van der Waals surface area contributed by atoms with E-state index in [1.165, 1.54) is 64.2 Å². The molecule has 28 heavy (non-hydrogen) atoms. The van der Waals surface area contributed by atoms with Crippen LogP contribution in [0.5, 0.6) is 0 Å². The lowest BCUT2D eigenvalue weighted by Crippen LogP contribution is -2.53. The fraction of sp³-hybridized carbons (Fsp3) is 0.957. The molecule has 2 heterocycles. The highest BCUT2D eigenvalue weighted by Gasteiger charge is 2.60. The Labute approximate surface area is 168 Å². The maximum Gasteiger partial charge on any atom is 0.160 e. The summed E-state index contributed by atoms with van der Waals surface area (Å²) in [6, 6.07) is 0. The van der Waals surface area contributed by atoms with Gasteiger partial charge in [-0.2, -0.15) is 0 Å². The molecule has 3 aliphatic carbocycles. The minimum Gasteiger partial charge on any atom is -0.351 e. The highest BCUT2D eigenvalue weighted by molar-refractivity contribution is 5.93. The maximum atomic E-state index is 13.5. The minimum atomic E-state index is -0.477. The summed E-state index contributed by atoms with van der Waals surface area (Å²) in [6.07, 6.45) is 14.0. The van der Waals surface area contributed by atoms with E-state index in [2.05, 4.69) is 0 Å². The first-order valence-electron chi connectivity index (χ1n) is 11.7. The van der Waals surface area contributed by atoms with Gasteiger partial charge in [0.25, 0.3) is 0 Å². The lowest BCUT2D eigenvalue weighted by molar-refractivity contribution is -0.257. The molecule has 0 atom stereocenters. The SMILES string of the molecule is O=C1C2(CCC13COC(C1CCCCC1)OC3)COC(C1CCCCC1)OC2. The molecule has 0 radical (unpaired) electrons. The summed E-state index contributed by atoms with van der Waals surface area (Å²) in [5.41, 5.74) is -0.953. The molecular weight excluding hydrogens is 356 g/mol. The zero-order chi connectivity index (χ0) is 19.0. The quantitative estimate of drug-likeness (QED) is 0.704. The van der Waals surface area contributed by atoms with Crippen LogP contribution in [0.3, 0.4) is 0 Å². The Hall–Kier alpha value is -0.490. The third kappa shape index (κ3) is 3.46. The van der Waals surface area contributed by atoms with Gasteiger partial charge in [-0.05, 0) is 38.5 Å². The van der Waals surface area contributed by atoms with Crippen molar-refractivity contribution in [3.8, 4) is 0 Å². The Balaban J connectivity index is 1.18. The van der Waals surface area contributed by atoms with Crippen molar-refractivity contribution >= 4 is 5.78 Å². The summed E-state index contributed by atoms with van der Waals surface area (Å²) in [6.45, 7) is 2.06. The van der Waals surface area contributed by atoms with Gasteiger partial charge in [-0.3, -0.25) is 4.79 Å². The summed E-state index contributed by atoms with van der Waals surface area (Å²) in [4.78, 5) is 13.5. The van der Waals surface area contributed by atoms with Crippen LogP contribution >= 0.6 is 0 Å².